The molecule has 0 N–H and O–H groups in total. The lowest BCUT2D eigenvalue weighted by atomic mass is 10.0. The number of hydrazone groups is 1. The van der Waals surface area contributed by atoms with Crippen molar-refractivity contribution < 1.29 is 12.8 Å². The molecule has 0 bridgehead atoms. The molecule has 3 aromatic rings. The van der Waals surface area contributed by atoms with Crippen LogP contribution in [-0.4, -0.2) is 18.5 Å². The standard InChI is InChI=1S/C19H16N2O3S/c22-25(23,16-10-5-2-6-11-16)21-18(15-8-3-1-4-9-15)14-17(20-21)19-12-7-13-24-19/h1-13,18H,14H2. The minimum atomic E-state index is -3.76. The molecule has 0 saturated heterocycles. The lowest BCUT2D eigenvalue weighted by molar-refractivity contribution is 0.371. The van der Waals surface area contributed by atoms with Crippen molar-refractivity contribution in [3.63, 3.8) is 0 Å². The Bertz CT molecular complexity index is 982. The normalized spacial score (nSPS) is 17.5. The number of hydrogen-bond acceptors (Lipinski definition) is 4. The van der Waals surface area contributed by atoms with Gasteiger partial charge in [0.05, 0.1) is 17.2 Å². The van der Waals surface area contributed by atoms with Crippen LogP contribution in [0.5, 0.6) is 0 Å². The van der Waals surface area contributed by atoms with Crippen LogP contribution >= 0.6 is 0 Å². The van der Waals surface area contributed by atoms with Crippen LogP contribution in [0.1, 0.15) is 23.8 Å². The SMILES string of the molecule is O=S(=O)(c1ccccc1)N1N=C(c2ccco2)CC1c1ccccc1. The lowest BCUT2D eigenvalue weighted by Gasteiger charge is -2.23. The number of benzene rings is 2. The van der Waals surface area contributed by atoms with Gasteiger partial charge in [-0.3, -0.25) is 0 Å². The molecule has 0 aliphatic carbocycles. The maximum atomic E-state index is 13.1. The second kappa shape index (κ2) is 6.22. The van der Waals surface area contributed by atoms with E-state index in [0.29, 0.717) is 17.9 Å². The molecule has 1 aliphatic rings. The van der Waals surface area contributed by atoms with Gasteiger partial charge in [0.2, 0.25) is 0 Å². The molecule has 2 heterocycles. The molecular weight excluding hydrogens is 336 g/mol. The second-order valence-electron chi connectivity index (χ2n) is 5.75. The summed E-state index contributed by atoms with van der Waals surface area (Å²) in [4.78, 5) is 0.223. The number of sulfonamides is 1. The Morgan fingerprint density at radius 3 is 2.24 bits per heavy atom. The minimum Gasteiger partial charge on any atom is -0.463 e. The molecule has 4 rings (SSSR count). The molecule has 0 spiro atoms. The van der Waals surface area contributed by atoms with Gasteiger partial charge in [-0.05, 0) is 29.8 Å². The van der Waals surface area contributed by atoms with Gasteiger partial charge in [0.25, 0.3) is 10.0 Å². The van der Waals surface area contributed by atoms with Crippen LogP contribution in [0.25, 0.3) is 0 Å². The summed E-state index contributed by atoms with van der Waals surface area (Å²) in [5, 5.41) is 4.40. The molecule has 6 heteroatoms. The van der Waals surface area contributed by atoms with Crippen molar-refractivity contribution in [2.24, 2.45) is 5.10 Å². The van der Waals surface area contributed by atoms with E-state index in [9.17, 15) is 8.42 Å². The van der Waals surface area contributed by atoms with Gasteiger partial charge in [-0.15, -0.1) is 0 Å². The fourth-order valence-electron chi connectivity index (χ4n) is 2.93. The fraction of sp³-hybridized carbons (Fsp3) is 0.105. The first-order chi connectivity index (χ1) is 12.2. The van der Waals surface area contributed by atoms with Crippen LogP contribution in [0.3, 0.4) is 0 Å². The first-order valence-corrected chi connectivity index (χ1v) is 9.36. The average molecular weight is 352 g/mol. The van der Waals surface area contributed by atoms with Crippen molar-refractivity contribution >= 4 is 15.7 Å². The largest absolute Gasteiger partial charge is 0.463 e. The summed E-state index contributed by atoms with van der Waals surface area (Å²) in [6, 6.07) is 21.1. The van der Waals surface area contributed by atoms with Crippen LogP contribution < -0.4 is 0 Å². The average Bonchev–Trinajstić information content (AvgIpc) is 3.33. The van der Waals surface area contributed by atoms with Crippen molar-refractivity contribution in [3.8, 4) is 0 Å². The maximum Gasteiger partial charge on any atom is 0.279 e. The van der Waals surface area contributed by atoms with E-state index in [-0.39, 0.29) is 4.90 Å². The Kier molecular flexibility index (Phi) is 3.89. The zero-order valence-corrected chi connectivity index (χ0v) is 14.1. The minimum absolute atomic E-state index is 0.223. The monoisotopic (exact) mass is 352 g/mol. The van der Waals surface area contributed by atoms with E-state index in [1.807, 2.05) is 30.3 Å². The van der Waals surface area contributed by atoms with Crippen molar-refractivity contribution in [2.75, 3.05) is 0 Å². The predicted molar refractivity (Wildman–Crippen MR) is 94.5 cm³/mol. The van der Waals surface area contributed by atoms with E-state index in [0.717, 1.165) is 5.56 Å². The molecule has 126 valence electrons. The number of nitrogens with zero attached hydrogens (tertiary/aromatic N) is 2. The second-order valence-corrected chi connectivity index (χ2v) is 7.54. The number of rotatable bonds is 4. The van der Waals surface area contributed by atoms with E-state index in [1.54, 1.807) is 48.7 Å². The highest BCUT2D eigenvalue weighted by atomic mass is 32.2. The summed E-state index contributed by atoms with van der Waals surface area (Å²) in [7, 11) is -3.76. The van der Waals surface area contributed by atoms with Crippen molar-refractivity contribution in [2.45, 2.75) is 17.4 Å². The third-order valence-electron chi connectivity index (χ3n) is 4.15. The molecule has 0 saturated carbocycles. The Hall–Kier alpha value is -2.86. The topological polar surface area (TPSA) is 62.9 Å². The predicted octanol–water partition coefficient (Wildman–Crippen LogP) is 3.82. The molecule has 0 fully saturated rings. The number of furan rings is 1. The van der Waals surface area contributed by atoms with Crippen molar-refractivity contribution in [1.29, 1.82) is 0 Å². The molecule has 25 heavy (non-hydrogen) atoms. The van der Waals surface area contributed by atoms with Gasteiger partial charge in [0.1, 0.15) is 11.5 Å². The van der Waals surface area contributed by atoms with Crippen LogP contribution in [0, 0.1) is 0 Å². The highest BCUT2D eigenvalue weighted by Gasteiger charge is 2.38. The summed E-state index contributed by atoms with van der Waals surface area (Å²) in [6.07, 6.45) is 2.02. The first kappa shape index (κ1) is 15.7. The zero-order chi connectivity index (χ0) is 17.3. The quantitative estimate of drug-likeness (QED) is 0.717. The van der Waals surface area contributed by atoms with Gasteiger partial charge in [0.15, 0.2) is 0 Å². The van der Waals surface area contributed by atoms with Gasteiger partial charge < -0.3 is 4.42 Å². The fourth-order valence-corrected chi connectivity index (χ4v) is 4.38. The summed E-state index contributed by atoms with van der Waals surface area (Å²) < 4.78 is 32.9. The van der Waals surface area contributed by atoms with E-state index >= 15 is 0 Å². The molecule has 0 radical (unpaired) electrons. The van der Waals surface area contributed by atoms with Gasteiger partial charge in [-0.25, -0.2) is 0 Å². The Balaban J connectivity index is 1.80. The summed E-state index contributed by atoms with van der Waals surface area (Å²) in [5.41, 5.74) is 1.52. The van der Waals surface area contributed by atoms with Crippen LogP contribution in [0.15, 0.2) is 93.5 Å². The molecule has 0 amide bonds. The molecular formula is C19H16N2O3S. The lowest BCUT2D eigenvalue weighted by Crippen LogP contribution is -2.27. The number of hydrogen-bond donors (Lipinski definition) is 0. The van der Waals surface area contributed by atoms with Gasteiger partial charge >= 0.3 is 0 Å². The molecule has 1 unspecified atom stereocenters. The third kappa shape index (κ3) is 2.85. The first-order valence-electron chi connectivity index (χ1n) is 7.92. The van der Waals surface area contributed by atoms with Crippen molar-refractivity contribution in [1.82, 2.24) is 4.41 Å². The summed E-state index contributed by atoms with van der Waals surface area (Å²) in [5.74, 6) is 0.590. The van der Waals surface area contributed by atoms with Gasteiger partial charge in [-0.1, -0.05) is 48.5 Å². The van der Waals surface area contributed by atoms with E-state index in [1.165, 1.54) is 4.41 Å². The van der Waals surface area contributed by atoms with Crippen LogP contribution in [-0.2, 0) is 10.0 Å². The zero-order valence-electron chi connectivity index (χ0n) is 13.3. The molecule has 2 aromatic carbocycles. The molecule has 1 aromatic heterocycles. The Morgan fingerprint density at radius 2 is 1.60 bits per heavy atom. The molecule has 1 aliphatic heterocycles. The van der Waals surface area contributed by atoms with E-state index < -0.39 is 16.1 Å². The maximum absolute atomic E-state index is 13.1. The Labute approximate surface area is 146 Å². The highest BCUT2D eigenvalue weighted by Crippen LogP contribution is 2.36. The summed E-state index contributed by atoms with van der Waals surface area (Å²) >= 11 is 0. The summed E-state index contributed by atoms with van der Waals surface area (Å²) in [6.45, 7) is 0. The highest BCUT2D eigenvalue weighted by molar-refractivity contribution is 7.89. The third-order valence-corrected chi connectivity index (χ3v) is 5.85. The van der Waals surface area contributed by atoms with E-state index in [2.05, 4.69) is 5.10 Å². The van der Waals surface area contributed by atoms with Crippen LogP contribution in [0.4, 0.5) is 0 Å². The smallest absolute Gasteiger partial charge is 0.279 e. The molecule has 1 atom stereocenters. The Morgan fingerprint density at radius 1 is 0.920 bits per heavy atom. The van der Waals surface area contributed by atoms with Crippen molar-refractivity contribution in [3.05, 3.63) is 90.4 Å². The van der Waals surface area contributed by atoms with Gasteiger partial charge in [0, 0.05) is 6.42 Å². The van der Waals surface area contributed by atoms with Crippen LogP contribution in [0.2, 0.25) is 0 Å². The van der Waals surface area contributed by atoms with E-state index in [4.69, 9.17) is 4.42 Å². The van der Waals surface area contributed by atoms with Gasteiger partial charge in [-0.2, -0.15) is 17.9 Å². The molecule has 5 nitrogen and oxygen atoms in total.